The normalized spacial score (nSPS) is 16.9. The highest BCUT2D eigenvalue weighted by molar-refractivity contribution is 6.02. The van der Waals surface area contributed by atoms with E-state index in [0.29, 0.717) is 11.5 Å². The molecule has 0 bridgehead atoms. The lowest BCUT2D eigenvalue weighted by atomic mass is 10.1. The van der Waals surface area contributed by atoms with E-state index in [0.717, 1.165) is 25.9 Å². The van der Waals surface area contributed by atoms with Crippen LogP contribution in [0.4, 0.5) is 0 Å². The molecule has 2 N–H and O–H groups in total. The third-order valence-corrected chi connectivity index (χ3v) is 2.92. The van der Waals surface area contributed by atoms with Crippen molar-refractivity contribution in [1.82, 2.24) is 4.90 Å². The summed E-state index contributed by atoms with van der Waals surface area (Å²) in [6.07, 6.45) is 3.47. The van der Waals surface area contributed by atoms with Gasteiger partial charge in [-0.05, 0) is 31.4 Å². The van der Waals surface area contributed by atoms with Crippen molar-refractivity contribution in [2.45, 2.75) is 19.3 Å². The van der Waals surface area contributed by atoms with Gasteiger partial charge < -0.3 is 10.6 Å². The van der Waals surface area contributed by atoms with E-state index >= 15 is 0 Å². The molecular weight excluding hydrogens is 214 g/mol. The first-order valence-electron chi connectivity index (χ1n) is 5.96. The molecule has 90 valence electrons. The van der Waals surface area contributed by atoms with E-state index in [1.165, 1.54) is 6.42 Å². The van der Waals surface area contributed by atoms with Crippen LogP contribution in [0.25, 0.3) is 0 Å². The van der Waals surface area contributed by atoms with E-state index in [2.05, 4.69) is 4.99 Å². The topological polar surface area (TPSA) is 58.7 Å². The van der Waals surface area contributed by atoms with Gasteiger partial charge in [-0.25, -0.2) is 0 Å². The van der Waals surface area contributed by atoms with Gasteiger partial charge in [0.15, 0.2) is 5.96 Å². The first-order valence-corrected chi connectivity index (χ1v) is 5.96. The van der Waals surface area contributed by atoms with Crippen molar-refractivity contribution in [2.24, 2.45) is 10.7 Å². The third kappa shape index (κ3) is 3.06. The summed E-state index contributed by atoms with van der Waals surface area (Å²) < 4.78 is 0. The number of amides is 1. The van der Waals surface area contributed by atoms with Crippen LogP contribution in [0.2, 0.25) is 0 Å². The van der Waals surface area contributed by atoms with E-state index < -0.39 is 0 Å². The fraction of sp³-hybridized carbons (Fsp3) is 0.385. The average Bonchev–Trinajstić information content (AvgIpc) is 2.40. The Morgan fingerprint density at radius 1 is 1.12 bits per heavy atom. The van der Waals surface area contributed by atoms with Crippen molar-refractivity contribution < 1.29 is 4.79 Å². The number of likely N-dealkylation sites (tertiary alicyclic amines) is 1. The first-order chi connectivity index (χ1) is 8.27. The van der Waals surface area contributed by atoms with Gasteiger partial charge in [0.25, 0.3) is 5.91 Å². The maximum atomic E-state index is 11.8. The highest BCUT2D eigenvalue weighted by atomic mass is 16.1. The summed E-state index contributed by atoms with van der Waals surface area (Å²) in [6.45, 7) is 1.80. The number of carbonyl (C=O) groups is 1. The fourth-order valence-corrected chi connectivity index (χ4v) is 1.94. The molecule has 0 radical (unpaired) electrons. The second-order valence-corrected chi connectivity index (χ2v) is 4.19. The van der Waals surface area contributed by atoms with Crippen LogP contribution < -0.4 is 5.73 Å². The molecule has 0 spiro atoms. The number of nitrogens with two attached hydrogens (primary N) is 1. The SMILES string of the molecule is NC(=NC(=O)c1ccccc1)N1CCCCC1. The largest absolute Gasteiger partial charge is 0.369 e. The van der Waals surface area contributed by atoms with Crippen molar-refractivity contribution in [3.8, 4) is 0 Å². The summed E-state index contributed by atoms with van der Waals surface area (Å²) >= 11 is 0. The number of hydrogen-bond donors (Lipinski definition) is 1. The Labute approximate surface area is 101 Å². The predicted octanol–water partition coefficient (Wildman–Crippen LogP) is 1.63. The lowest BCUT2D eigenvalue weighted by molar-refractivity contribution is 0.100. The van der Waals surface area contributed by atoms with Gasteiger partial charge in [0, 0.05) is 18.7 Å². The quantitative estimate of drug-likeness (QED) is 0.590. The molecule has 4 nitrogen and oxygen atoms in total. The lowest BCUT2D eigenvalue weighted by Gasteiger charge is -2.27. The zero-order chi connectivity index (χ0) is 12.1. The van der Waals surface area contributed by atoms with Gasteiger partial charge in [-0.3, -0.25) is 4.79 Å². The molecule has 1 heterocycles. The van der Waals surface area contributed by atoms with Gasteiger partial charge in [-0.2, -0.15) is 4.99 Å². The molecule has 0 aromatic heterocycles. The van der Waals surface area contributed by atoms with E-state index in [9.17, 15) is 4.79 Å². The number of aliphatic imine (C=N–C) groups is 1. The second-order valence-electron chi connectivity index (χ2n) is 4.19. The lowest BCUT2D eigenvalue weighted by Crippen LogP contribution is -2.41. The Bertz CT molecular complexity index is 408. The van der Waals surface area contributed by atoms with Crippen molar-refractivity contribution in [3.63, 3.8) is 0 Å². The highest BCUT2D eigenvalue weighted by Gasteiger charge is 2.13. The van der Waals surface area contributed by atoms with Crippen LogP contribution in [0.5, 0.6) is 0 Å². The molecule has 0 aliphatic carbocycles. The van der Waals surface area contributed by atoms with Crippen molar-refractivity contribution >= 4 is 11.9 Å². The van der Waals surface area contributed by atoms with Gasteiger partial charge in [-0.1, -0.05) is 18.2 Å². The summed E-state index contributed by atoms with van der Waals surface area (Å²) in [4.78, 5) is 17.7. The van der Waals surface area contributed by atoms with Crippen LogP contribution in [-0.2, 0) is 0 Å². The number of hydrogen-bond acceptors (Lipinski definition) is 1. The summed E-state index contributed by atoms with van der Waals surface area (Å²) in [5.74, 6) is 0.0761. The second kappa shape index (κ2) is 5.48. The van der Waals surface area contributed by atoms with Gasteiger partial charge >= 0.3 is 0 Å². The van der Waals surface area contributed by atoms with Gasteiger partial charge in [0.05, 0.1) is 0 Å². The first kappa shape index (κ1) is 11.6. The summed E-state index contributed by atoms with van der Waals surface area (Å²) in [5.41, 5.74) is 6.42. The molecule has 2 rings (SSSR count). The minimum Gasteiger partial charge on any atom is -0.369 e. The summed E-state index contributed by atoms with van der Waals surface area (Å²) in [6, 6.07) is 9.00. The molecule has 1 aliphatic heterocycles. The molecule has 1 aliphatic rings. The molecule has 17 heavy (non-hydrogen) atoms. The monoisotopic (exact) mass is 231 g/mol. The van der Waals surface area contributed by atoms with Crippen LogP contribution in [0.1, 0.15) is 29.6 Å². The van der Waals surface area contributed by atoms with Crippen molar-refractivity contribution in [3.05, 3.63) is 35.9 Å². The van der Waals surface area contributed by atoms with Gasteiger partial charge in [-0.15, -0.1) is 0 Å². The Hall–Kier alpha value is -1.84. The molecule has 0 atom stereocenters. The highest BCUT2D eigenvalue weighted by Crippen LogP contribution is 2.08. The van der Waals surface area contributed by atoms with E-state index in [1.54, 1.807) is 12.1 Å². The molecule has 1 saturated heterocycles. The minimum atomic E-state index is -0.270. The predicted molar refractivity (Wildman–Crippen MR) is 67.8 cm³/mol. The minimum absolute atomic E-state index is 0.270. The van der Waals surface area contributed by atoms with E-state index in [-0.39, 0.29) is 5.91 Å². The average molecular weight is 231 g/mol. The Morgan fingerprint density at radius 2 is 1.76 bits per heavy atom. The maximum absolute atomic E-state index is 11.8. The van der Waals surface area contributed by atoms with Crippen LogP contribution in [0.3, 0.4) is 0 Å². The zero-order valence-corrected chi connectivity index (χ0v) is 9.80. The zero-order valence-electron chi connectivity index (χ0n) is 9.80. The Balaban J connectivity index is 2.05. The number of rotatable bonds is 1. The molecule has 1 aromatic carbocycles. The van der Waals surface area contributed by atoms with Crippen LogP contribution in [-0.4, -0.2) is 29.9 Å². The van der Waals surface area contributed by atoms with E-state index in [1.807, 2.05) is 23.1 Å². The fourth-order valence-electron chi connectivity index (χ4n) is 1.94. The number of guanidine groups is 1. The number of piperidine rings is 1. The Kier molecular flexibility index (Phi) is 3.75. The molecule has 0 unspecified atom stereocenters. The Morgan fingerprint density at radius 3 is 2.41 bits per heavy atom. The molecular formula is C13H17N3O. The molecule has 1 amide bonds. The number of nitrogens with zero attached hydrogens (tertiary/aromatic N) is 2. The maximum Gasteiger partial charge on any atom is 0.280 e. The third-order valence-electron chi connectivity index (χ3n) is 2.92. The van der Waals surface area contributed by atoms with E-state index in [4.69, 9.17) is 5.73 Å². The smallest absolute Gasteiger partial charge is 0.280 e. The number of benzene rings is 1. The molecule has 1 fully saturated rings. The molecule has 4 heteroatoms. The molecule has 1 aromatic rings. The van der Waals surface area contributed by atoms with Gasteiger partial charge in [0.1, 0.15) is 0 Å². The molecule has 0 saturated carbocycles. The standard InChI is InChI=1S/C13H17N3O/c14-13(16-9-5-2-6-10-16)15-12(17)11-7-3-1-4-8-11/h1,3-4,7-8H,2,5-6,9-10H2,(H2,14,15,17). The van der Waals surface area contributed by atoms with Crippen LogP contribution >= 0.6 is 0 Å². The van der Waals surface area contributed by atoms with Crippen molar-refractivity contribution in [2.75, 3.05) is 13.1 Å². The van der Waals surface area contributed by atoms with Crippen LogP contribution in [0, 0.1) is 0 Å². The van der Waals surface area contributed by atoms with Gasteiger partial charge in [0.2, 0.25) is 0 Å². The summed E-state index contributed by atoms with van der Waals surface area (Å²) in [5, 5.41) is 0. The van der Waals surface area contributed by atoms with Crippen molar-refractivity contribution in [1.29, 1.82) is 0 Å². The number of carbonyl (C=O) groups excluding carboxylic acids is 1. The van der Waals surface area contributed by atoms with Crippen LogP contribution in [0.15, 0.2) is 35.3 Å². The summed E-state index contributed by atoms with van der Waals surface area (Å²) in [7, 11) is 0.